The molecule has 3 heterocycles. The highest BCUT2D eigenvalue weighted by Gasteiger charge is 2.34. The fourth-order valence-electron chi connectivity index (χ4n) is 4.56. The van der Waals surface area contributed by atoms with E-state index < -0.39 is 27.8 Å². The molecule has 1 fully saturated rings. The average Bonchev–Trinajstić information content (AvgIpc) is 3.56. The van der Waals surface area contributed by atoms with E-state index in [-0.39, 0.29) is 10.6 Å². The van der Waals surface area contributed by atoms with Crippen LogP contribution in [0.5, 0.6) is 0 Å². The summed E-state index contributed by atoms with van der Waals surface area (Å²) >= 11 is 7.92. The van der Waals surface area contributed by atoms with Crippen molar-refractivity contribution in [1.29, 1.82) is 0 Å². The number of carboxylic acid groups (broad SMARTS) is 1. The number of hydrogen-bond acceptors (Lipinski definition) is 6. The zero-order chi connectivity index (χ0) is 27.0. The molecule has 0 aliphatic carbocycles. The molecule has 38 heavy (non-hydrogen) atoms. The summed E-state index contributed by atoms with van der Waals surface area (Å²) in [6.07, 6.45) is 3.05. The first-order valence-electron chi connectivity index (χ1n) is 11.9. The molecule has 196 valence electrons. The molecule has 1 aliphatic rings. The second-order valence-electron chi connectivity index (χ2n) is 9.09. The van der Waals surface area contributed by atoms with Gasteiger partial charge >= 0.3 is 5.97 Å². The van der Waals surface area contributed by atoms with Crippen molar-refractivity contribution in [2.45, 2.75) is 30.2 Å². The third-order valence-corrected chi connectivity index (χ3v) is 9.05. The summed E-state index contributed by atoms with van der Waals surface area (Å²) in [6, 6.07) is 18.4. The Morgan fingerprint density at radius 2 is 1.79 bits per heavy atom. The summed E-state index contributed by atoms with van der Waals surface area (Å²) < 4.78 is 25.7. The lowest BCUT2D eigenvalue weighted by Crippen LogP contribution is -2.48. The highest BCUT2D eigenvalue weighted by molar-refractivity contribution is 7.90. The number of para-hydroxylation sites is 1. The monoisotopic (exact) mass is 569 g/mol. The van der Waals surface area contributed by atoms with Gasteiger partial charge in [0, 0.05) is 17.7 Å². The molecule has 0 spiro atoms. The molecule has 11 heteroatoms. The molecule has 0 radical (unpaired) electrons. The van der Waals surface area contributed by atoms with E-state index in [2.05, 4.69) is 5.10 Å². The Morgan fingerprint density at radius 1 is 1.03 bits per heavy atom. The number of sulfone groups is 1. The van der Waals surface area contributed by atoms with Crippen molar-refractivity contribution in [2.75, 3.05) is 12.8 Å². The molecule has 2 aromatic carbocycles. The fraction of sp³-hybridized carbons (Fsp3) is 0.222. The molecule has 0 bridgehead atoms. The number of piperidine rings is 1. The summed E-state index contributed by atoms with van der Waals surface area (Å²) in [6.45, 7) is 0.351. The van der Waals surface area contributed by atoms with Gasteiger partial charge in [0.2, 0.25) is 0 Å². The maximum Gasteiger partial charge on any atom is 0.326 e. The van der Waals surface area contributed by atoms with Gasteiger partial charge in [0.1, 0.15) is 6.04 Å². The van der Waals surface area contributed by atoms with E-state index in [4.69, 9.17) is 11.6 Å². The van der Waals surface area contributed by atoms with Gasteiger partial charge in [0.15, 0.2) is 15.5 Å². The molecule has 1 unspecified atom stereocenters. The molecule has 0 saturated carbocycles. The molecule has 2 aromatic heterocycles. The van der Waals surface area contributed by atoms with Gasteiger partial charge in [-0.15, -0.1) is 11.3 Å². The van der Waals surface area contributed by atoms with Crippen LogP contribution in [0.15, 0.2) is 71.6 Å². The minimum absolute atomic E-state index is 0.127. The lowest BCUT2D eigenvalue weighted by Gasteiger charge is -2.32. The molecule has 1 atom stereocenters. The maximum absolute atomic E-state index is 13.5. The van der Waals surface area contributed by atoms with Crippen molar-refractivity contribution < 1.29 is 23.1 Å². The molecule has 1 N–H and O–H groups in total. The number of likely N-dealkylation sites (tertiary alicyclic amines) is 1. The average molecular weight is 570 g/mol. The molecule has 1 aliphatic heterocycles. The van der Waals surface area contributed by atoms with Gasteiger partial charge in [-0.05, 0) is 67.3 Å². The Labute approximate surface area is 229 Å². The number of halogens is 1. The third-order valence-electron chi connectivity index (χ3n) is 6.46. The van der Waals surface area contributed by atoms with Crippen LogP contribution in [0.1, 0.15) is 29.8 Å². The predicted octanol–water partition coefficient (Wildman–Crippen LogP) is 5.40. The second kappa shape index (κ2) is 10.4. The van der Waals surface area contributed by atoms with Crippen molar-refractivity contribution in [1.82, 2.24) is 14.7 Å². The number of carbonyl (C=O) groups is 2. The van der Waals surface area contributed by atoms with E-state index >= 15 is 0 Å². The van der Waals surface area contributed by atoms with E-state index in [0.717, 1.165) is 28.2 Å². The van der Waals surface area contributed by atoms with Crippen LogP contribution in [-0.4, -0.2) is 58.9 Å². The zero-order valence-electron chi connectivity index (χ0n) is 20.4. The lowest BCUT2D eigenvalue weighted by molar-refractivity contribution is -0.143. The number of aromatic nitrogens is 2. The molecule has 4 aromatic rings. The van der Waals surface area contributed by atoms with Crippen molar-refractivity contribution in [3.05, 3.63) is 77.4 Å². The first-order valence-corrected chi connectivity index (χ1v) is 15.0. The fourth-order valence-corrected chi connectivity index (χ4v) is 6.44. The Kier molecular flexibility index (Phi) is 7.13. The normalized spacial score (nSPS) is 15.9. The molecule has 1 saturated heterocycles. The largest absolute Gasteiger partial charge is 0.480 e. The first-order chi connectivity index (χ1) is 18.1. The molecule has 8 nitrogen and oxygen atoms in total. The second-order valence-corrected chi connectivity index (χ2v) is 12.6. The van der Waals surface area contributed by atoms with Crippen molar-refractivity contribution >= 4 is 44.7 Å². The summed E-state index contributed by atoms with van der Waals surface area (Å²) in [5.41, 5.74) is 2.07. The highest BCUT2D eigenvalue weighted by Crippen LogP contribution is 2.37. The highest BCUT2D eigenvalue weighted by atomic mass is 35.5. The van der Waals surface area contributed by atoms with Crippen LogP contribution in [0.3, 0.4) is 0 Å². The number of aliphatic carboxylic acids is 1. The van der Waals surface area contributed by atoms with Crippen LogP contribution in [0.25, 0.3) is 26.7 Å². The number of benzene rings is 2. The summed E-state index contributed by atoms with van der Waals surface area (Å²) in [5, 5.41) is 14.7. The van der Waals surface area contributed by atoms with Gasteiger partial charge in [-0.2, -0.15) is 5.10 Å². The Balaban J connectivity index is 1.59. The number of amides is 1. The van der Waals surface area contributed by atoms with E-state index in [1.807, 2.05) is 24.3 Å². The van der Waals surface area contributed by atoms with Crippen LogP contribution in [-0.2, 0) is 14.6 Å². The maximum atomic E-state index is 13.5. The predicted molar refractivity (Wildman–Crippen MR) is 147 cm³/mol. The van der Waals surface area contributed by atoms with Gasteiger partial charge in [0.05, 0.1) is 26.2 Å². The number of rotatable bonds is 6. The third kappa shape index (κ3) is 5.11. The van der Waals surface area contributed by atoms with Gasteiger partial charge < -0.3 is 10.0 Å². The van der Waals surface area contributed by atoms with Crippen LogP contribution in [0.4, 0.5) is 0 Å². The minimum Gasteiger partial charge on any atom is -0.480 e. The number of hydrogen-bond donors (Lipinski definition) is 1. The summed E-state index contributed by atoms with van der Waals surface area (Å²) in [5.74, 6) is -1.47. The Hall–Kier alpha value is -3.47. The van der Waals surface area contributed by atoms with Crippen LogP contribution >= 0.6 is 22.9 Å². The zero-order valence-corrected chi connectivity index (χ0v) is 22.8. The summed E-state index contributed by atoms with van der Waals surface area (Å²) in [4.78, 5) is 28.5. The van der Waals surface area contributed by atoms with Gasteiger partial charge in [-0.3, -0.25) is 4.79 Å². The van der Waals surface area contributed by atoms with Crippen molar-refractivity contribution in [2.24, 2.45) is 0 Å². The quantitative estimate of drug-likeness (QED) is 0.333. The smallest absolute Gasteiger partial charge is 0.326 e. The Bertz CT molecular complexity index is 1640. The van der Waals surface area contributed by atoms with Crippen molar-refractivity contribution in [3.8, 4) is 26.7 Å². The number of nitrogens with zero attached hydrogens (tertiary/aromatic N) is 3. The van der Waals surface area contributed by atoms with Crippen LogP contribution in [0, 0.1) is 0 Å². The van der Waals surface area contributed by atoms with E-state index in [0.29, 0.717) is 29.4 Å². The van der Waals surface area contributed by atoms with E-state index in [1.54, 1.807) is 47.1 Å². The van der Waals surface area contributed by atoms with Gasteiger partial charge in [-0.25, -0.2) is 17.9 Å². The molecular weight excluding hydrogens is 546 g/mol. The van der Waals surface area contributed by atoms with Crippen LogP contribution in [0.2, 0.25) is 5.02 Å². The van der Waals surface area contributed by atoms with E-state index in [9.17, 15) is 23.1 Å². The summed E-state index contributed by atoms with van der Waals surface area (Å²) in [7, 11) is -3.36. The standard InChI is InChI=1S/C27H24ClN3O5S2/c1-38(35,36)18-8-6-7-17(15-18)24-12-13-25(37-24)23-16-20(29-31(23)21-10-3-2-9-19(21)28)26(32)30-14-5-4-11-22(30)27(33)34/h2-3,6-10,12-13,15-16,22H,4-5,11,14H2,1H3,(H,33,34). The SMILES string of the molecule is CS(=O)(=O)c1cccc(-c2ccc(-c3cc(C(=O)N4CCCCC4C(=O)O)nn3-c3ccccc3Cl)s2)c1. The topological polar surface area (TPSA) is 110 Å². The number of carbonyl (C=O) groups excluding carboxylic acids is 1. The molecule has 1 amide bonds. The minimum atomic E-state index is -3.36. The van der Waals surface area contributed by atoms with E-state index in [1.165, 1.54) is 22.5 Å². The first kappa shape index (κ1) is 26.1. The molecule has 5 rings (SSSR count). The lowest BCUT2D eigenvalue weighted by atomic mass is 10.0. The van der Waals surface area contributed by atoms with Crippen LogP contribution < -0.4 is 0 Å². The molecular formula is C27H24ClN3O5S2. The van der Waals surface area contributed by atoms with Gasteiger partial charge in [-0.1, -0.05) is 35.9 Å². The van der Waals surface area contributed by atoms with Crippen molar-refractivity contribution in [3.63, 3.8) is 0 Å². The van der Waals surface area contributed by atoms with Gasteiger partial charge in [0.25, 0.3) is 5.91 Å². The Morgan fingerprint density at radius 3 is 2.53 bits per heavy atom. The number of thiophene rings is 1. The number of carboxylic acids is 1.